The molecule has 2 aromatic heterocycles. The van der Waals surface area contributed by atoms with Crippen molar-refractivity contribution in [3.63, 3.8) is 0 Å². The lowest BCUT2D eigenvalue weighted by Gasteiger charge is -1.91. The number of carbonyl (C=O) groups is 1. The van der Waals surface area contributed by atoms with Crippen LogP contribution >= 0.6 is 11.3 Å². The first-order chi connectivity index (χ1) is 6.09. The van der Waals surface area contributed by atoms with Crippen LogP contribution in [0.25, 0.3) is 4.96 Å². The molecule has 0 saturated carbocycles. The molecular weight excluding hydrogens is 188 g/mol. The zero-order chi connectivity index (χ0) is 9.59. The lowest BCUT2D eigenvalue weighted by atomic mass is 10.4. The molecular formula is C8H8N2O2S. The number of rotatable bonds is 1. The fourth-order valence-electron chi connectivity index (χ4n) is 1.32. The maximum Gasteiger partial charge on any atom is 0.354 e. The second-order valence-electron chi connectivity index (χ2n) is 2.85. The van der Waals surface area contributed by atoms with Crippen LogP contribution in [-0.2, 0) is 0 Å². The average molecular weight is 196 g/mol. The number of aromatic nitrogens is 2. The van der Waals surface area contributed by atoms with Crippen LogP contribution in [-0.4, -0.2) is 20.5 Å². The van der Waals surface area contributed by atoms with Crippen LogP contribution in [0.15, 0.2) is 6.20 Å². The average Bonchev–Trinajstić information content (AvgIpc) is 2.41. The first-order valence-electron chi connectivity index (χ1n) is 3.78. The molecule has 0 bridgehead atoms. The highest BCUT2D eigenvalue weighted by Crippen LogP contribution is 2.22. The van der Waals surface area contributed by atoms with E-state index in [1.165, 1.54) is 11.3 Å². The van der Waals surface area contributed by atoms with E-state index in [1.807, 2.05) is 6.92 Å². The topological polar surface area (TPSA) is 54.6 Å². The molecule has 0 aliphatic heterocycles. The molecule has 2 rings (SSSR count). The molecule has 0 aromatic carbocycles. The van der Waals surface area contributed by atoms with Crippen LogP contribution in [0.3, 0.4) is 0 Å². The minimum absolute atomic E-state index is 0.320. The van der Waals surface area contributed by atoms with E-state index in [4.69, 9.17) is 5.11 Å². The number of aromatic carboxylic acids is 1. The Bertz CT molecular complexity index is 484. The van der Waals surface area contributed by atoms with Gasteiger partial charge in [-0.05, 0) is 13.8 Å². The summed E-state index contributed by atoms with van der Waals surface area (Å²) < 4.78 is 1.62. The van der Waals surface area contributed by atoms with E-state index in [1.54, 1.807) is 17.5 Å². The Hall–Kier alpha value is -1.36. The van der Waals surface area contributed by atoms with Gasteiger partial charge in [-0.15, -0.1) is 11.3 Å². The monoisotopic (exact) mass is 196 g/mol. The Morgan fingerprint density at radius 3 is 2.92 bits per heavy atom. The zero-order valence-corrected chi connectivity index (χ0v) is 8.05. The molecule has 0 amide bonds. The molecule has 2 heterocycles. The fourth-order valence-corrected chi connectivity index (χ4v) is 2.30. The van der Waals surface area contributed by atoms with Gasteiger partial charge in [0.2, 0.25) is 0 Å². The smallest absolute Gasteiger partial charge is 0.354 e. The van der Waals surface area contributed by atoms with E-state index in [9.17, 15) is 4.79 Å². The number of imidazole rings is 1. The van der Waals surface area contributed by atoms with Crippen molar-refractivity contribution in [1.29, 1.82) is 0 Å². The SMILES string of the molecule is Cc1cn2c(C(=O)O)c(C)sc2n1. The highest BCUT2D eigenvalue weighted by Gasteiger charge is 2.16. The number of hydrogen-bond acceptors (Lipinski definition) is 3. The highest BCUT2D eigenvalue weighted by molar-refractivity contribution is 7.17. The maximum absolute atomic E-state index is 10.9. The standard InChI is InChI=1S/C8H8N2O2S/c1-4-3-10-6(7(11)12)5(2)13-8(10)9-4/h3H,1-2H3,(H,11,12). The summed E-state index contributed by atoms with van der Waals surface area (Å²) in [5, 5.41) is 8.92. The van der Waals surface area contributed by atoms with Gasteiger partial charge >= 0.3 is 5.97 Å². The number of fused-ring (bicyclic) bond motifs is 1. The number of nitrogens with zero attached hydrogens (tertiary/aromatic N) is 2. The minimum Gasteiger partial charge on any atom is -0.477 e. The second kappa shape index (κ2) is 2.56. The quantitative estimate of drug-likeness (QED) is 0.755. The van der Waals surface area contributed by atoms with Crippen molar-refractivity contribution in [3.05, 3.63) is 22.5 Å². The van der Waals surface area contributed by atoms with E-state index in [0.29, 0.717) is 5.69 Å². The molecule has 0 radical (unpaired) electrons. The van der Waals surface area contributed by atoms with Gasteiger partial charge < -0.3 is 5.11 Å². The van der Waals surface area contributed by atoms with Gasteiger partial charge in [-0.25, -0.2) is 9.78 Å². The number of hydrogen-bond donors (Lipinski definition) is 1. The number of carboxylic acids is 1. The van der Waals surface area contributed by atoms with Gasteiger partial charge in [0.1, 0.15) is 5.69 Å². The third kappa shape index (κ3) is 1.12. The first-order valence-corrected chi connectivity index (χ1v) is 4.59. The Kier molecular flexibility index (Phi) is 1.63. The van der Waals surface area contributed by atoms with E-state index in [0.717, 1.165) is 15.5 Å². The van der Waals surface area contributed by atoms with Crippen LogP contribution in [0.2, 0.25) is 0 Å². The van der Waals surface area contributed by atoms with Crippen LogP contribution in [0.5, 0.6) is 0 Å². The van der Waals surface area contributed by atoms with Gasteiger partial charge in [0.25, 0.3) is 0 Å². The number of aryl methyl sites for hydroxylation is 2. The van der Waals surface area contributed by atoms with E-state index < -0.39 is 5.97 Å². The highest BCUT2D eigenvalue weighted by atomic mass is 32.1. The number of thiazole rings is 1. The summed E-state index contributed by atoms with van der Waals surface area (Å²) in [6.45, 7) is 3.64. The van der Waals surface area contributed by atoms with Crippen molar-refractivity contribution in [3.8, 4) is 0 Å². The Morgan fingerprint density at radius 2 is 2.31 bits per heavy atom. The molecule has 2 aromatic rings. The van der Waals surface area contributed by atoms with Gasteiger partial charge in [0.05, 0.1) is 5.69 Å². The van der Waals surface area contributed by atoms with Crippen molar-refractivity contribution < 1.29 is 9.90 Å². The van der Waals surface area contributed by atoms with Crippen molar-refractivity contribution in [1.82, 2.24) is 9.38 Å². The lowest BCUT2D eigenvalue weighted by Crippen LogP contribution is -2.01. The third-order valence-corrected chi connectivity index (χ3v) is 2.79. The summed E-state index contributed by atoms with van der Waals surface area (Å²) in [5.74, 6) is -0.902. The van der Waals surface area contributed by atoms with Crippen LogP contribution in [0.4, 0.5) is 0 Å². The molecule has 0 aliphatic carbocycles. The van der Waals surface area contributed by atoms with Gasteiger partial charge in [-0.1, -0.05) is 0 Å². The first kappa shape index (κ1) is 8.25. The fraction of sp³-hybridized carbons (Fsp3) is 0.250. The molecule has 0 saturated heterocycles. The molecule has 0 aliphatic rings. The van der Waals surface area contributed by atoms with Crippen molar-refractivity contribution >= 4 is 22.3 Å². The van der Waals surface area contributed by atoms with E-state index >= 15 is 0 Å². The summed E-state index contributed by atoms with van der Waals surface area (Å²) in [7, 11) is 0. The largest absolute Gasteiger partial charge is 0.477 e. The molecule has 0 atom stereocenters. The summed E-state index contributed by atoms with van der Waals surface area (Å²) in [6, 6.07) is 0. The van der Waals surface area contributed by atoms with Crippen LogP contribution in [0.1, 0.15) is 21.1 Å². The molecule has 0 fully saturated rings. The van der Waals surface area contributed by atoms with Crippen molar-refractivity contribution in [2.75, 3.05) is 0 Å². The molecule has 1 N–H and O–H groups in total. The second-order valence-corrected chi connectivity index (χ2v) is 4.03. The Morgan fingerprint density at radius 1 is 1.62 bits per heavy atom. The maximum atomic E-state index is 10.9. The van der Waals surface area contributed by atoms with Gasteiger partial charge in [-0.2, -0.15) is 0 Å². The van der Waals surface area contributed by atoms with Gasteiger partial charge in [-0.3, -0.25) is 4.40 Å². The van der Waals surface area contributed by atoms with Gasteiger partial charge in [0.15, 0.2) is 4.96 Å². The van der Waals surface area contributed by atoms with E-state index in [-0.39, 0.29) is 0 Å². The molecule has 0 unspecified atom stereocenters. The van der Waals surface area contributed by atoms with Crippen molar-refractivity contribution in [2.45, 2.75) is 13.8 Å². The predicted molar refractivity (Wildman–Crippen MR) is 49.5 cm³/mol. The Labute approximate surface area is 78.5 Å². The van der Waals surface area contributed by atoms with Crippen molar-refractivity contribution in [2.24, 2.45) is 0 Å². The third-order valence-electron chi connectivity index (χ3n) is 1.82. The zero-order valence-electron chi connectivity index (χ0n) is 7.24. The predicted octanol–water partition coefficient (Wildman–Crippen LogP) is 1.71. The molecule has 4 nitrogen and oxygen atoms in total. The Balaban J connectivity index is 2.83. The molecule has 5 heteroatoms. The molecule has 13 heavy (non-hydrogen) atoms. The summed E-state index contributed by atoms with van der Waals surface area (Å²) in [6.07, 6.45) is 1.74. The molecule has 0 spiro atoms. The number of carboxylic acid groups (broad SMARTS) is 1. The summed E-state index contributed by atoms with van der Waals surface area (Å²) in [4.78, 5) is 16.6. The normalized spacial score (nSPS) is 10.9. The summed E-state index contributed by atoms with van der Waals surface area (Å²) >= 11 is 1.40. The molecule has 68 valence electrons. The van der Waals surface area contributed by atoms with Crippen LogP contribution < -0.4 is 0 Å². The van der Waals surface area contributed by atoms with E-state index in [2.05, 4.69) is 4.98 Å². The lowest BCUT2D eigenvalue weighted by molar-refractivity contribution is 0.0689. The van der Waals surface area contributed by atoms with Gasteiger partial charge in [0, 0.05) is 11.1 Å². The summed E-state index contributed by atoms with van der Waals surface area (Å²) in [5.41, 5.74) is 1.16. The minimum atomic E-state index is -0.902. The van der Waals surface area contributed by atoms with Crippen LogP contribution in [0, 0.1) is 13.8 Å².